The zero-order valence-electron chi connectivity index (χ0n) is 13.9. The average Bonchev–Trinajstić information content (AvgIpc) is 2.53. The summed E-state index contributed by atoms with van der Waals surface area (Å²) in [5.74, 6) is 0.708. The summed E-state index contributed by atoms with van der Waals surface area (Å²) in [6, 6.07) is 13.8. The highest BCUT2D eigenvalue weighted by molar-refractivity contribution is 7.58. The Labute approximate surface area is 138 Å². The van der Waals surface area contributed by atoms with Gasteiger partial charge in [0.05, 0.1) is 6.61 Å². The predicted molar refractivity (Wildman–Crippen MR) is 93.4 cm³/mol. The fraction of sp³-hybridized carbons (Fsp3) is 0.389. The minimum Gasteiger partial charge on any atom is -0.473 e. The van der Waals surface area contributed by atoms with Crippen molar-refractivity contribution in [3.8, 4) is 5.88 Å². The first kappa shape index (κ1) is 17.7. The van der Waals surface area contributed by atoms with E-state index in [9.17, 15) is 4.57 Å². The lowest BCUT2D eigenvalue weighted by atomic mass is 10.1. The molecule has 2 aromatic rings. The van der Waals surface area contributed by atoms with Gasteiger partial charge in [-0.1, -0.05) is 37.3 Å². The summed E-state index contributed by atoms with van der Waals surface area (Å²) < 4.78 is 23.4. The van der Waals surface area contributed by atoms with Crippen molar-refractivity contribution in [2.45, 2.75) is 26.4 Å². The summed E-state index contributed by atoms with van der Waals surface area (Å²) in [4.78, 5) is 4.25. The summed E-state index contributed by atoms with van der Waals surface area (Å²) in [6.45, 7) is 6.56. The van der Waals surface area contributed by atoms with E-state index in [2.05, 4.69) is 4.98 Å². The minimum absolute atomic E-state index is 0.124. The summed E-state index contributed by atoms with van der Waals surface area (Å²) >= 11 is 0. The van der Waals surface area contributed by atoms with E-state index in [1.807, 2.05) is 56.3 Å². The quantitative estimate of drug-likeness (QED) is 0.657. The van der Waals surface area contributed by atoms with Crippen molar-refractivity contribution in [3.05, 3.63) is 59.8 Å². The fourth-order valence-electron chi connectivity index (χ4n) is 2.47. The molecule has 124 valence electrons. The summed E-state index contributed by atoms with van der Waals surface area (Å²) in [5.41, 5.74) is 2.16. The zero-order valence-corrected chi connectivity index (χ0v) is 14.8. The lowest BCUT2D eigenvalue weighted by Gasteiger charge is -2.18. The third-order valence-electron chi connectivity index (χ3n) is 3.57. The molecule has 0 aliphatic rings. The van der Waals surface area contributed by atoms with Crippen molar-refractivity contribution >= 4 is 7.37 Å². The molecule has 2 unspecified atom stereocenters. The van der Waals surface area contributed by atoms with Gasteiger partial charge in [0.2, 0.25) is 13.2 Å². The highest BCUT2D eigenvalue weighted by Gasteiger charge is 2.20. The molecule has 0 amide bonds. The number of rotatable bonds is 8. The van der Waals surface area contributed by atoms with Crippen molar-refractivity contribution < 1.29 is 13.8 Å². The molecule has 2 atom stereocenters. The van der Waals surface area contributed by atoms with Crippen LogP contribution in [0.5, 0.6) is 5.88 Å². The monoisotopic (exact) mass is 333 g/mol. The molecule has 4 nitrogen and oxygen atoms in total. The normalized spacial score (nSPS) is 14.9. The number of hydrogen-bond acceptors (Lipinski definition) is 4. The van der Waals surface area contributed by atoms with Gasteiger partial charge in [-0.2, -0.15) is 0 Å². The van der Waals surface area contributed by atoms with Gasteiger partial charge in [-0.15, -0.1) is 0 Å². The van der Waals surface area contributed by atoms with Gasteiger partial charge in [0.15, 0.2) is 0 Å². The second-order valence-corrected chi connectivity index (χ2v) is 8.37. The fourth-order valence-corrected chi connectivity index (χ4v) is 4.33. The molecule has 23 heavy (non-hydrogen) atoms. The molecule has 0 bridgehead atoms. The van der Waals surface area contributed by atoms with Crippen LogP contribution in [0.15, 0.2) is 48.7 Å². The van der Waals surface area contributed by atoms with E-state index < -0.39 is 7.37 Å². The van der Waals surface area contributed by atoms with E-state index in [4.69, 9.17) is 9.26 Å². The molecular formula is C18H24NO3P. The van der Waals surface area contributed by atoms with E-state index >= 15 is 0 Å². The van der Waals surface area contributed by atoms with Crippen molar-refractivity contribution in [1.29, 1.82) is 0 Å². The molecule has 1 aromatic heterocycles. The van der Waals surface area contributed by atoms with Gasteiger partial charge in [0.25, 0.3) is 0 Å². The second kappa shape index (κ2) is 8.28. The highest BCUT2D eigenvalue weighted by Crippen LogP contribution is 2.46. The van der Waals surface area contributed by atoms with Crippen LogP contribution in [0.2, 0.25) is 0 Å². The van der Waals surface area contributed by atoms with Crippen molar-refractivity contribution in [2.75, 3.05) is 19.4 Å². The SMILES string of the molecule is CCOP(C)(=O)CC(C)c1ccnc(OCc2ccccc2)c1. The van der Waals surface area contributed by atoms with E-state index in [1.165, 1.54) is 0 Å². The van der Waals surface area contributed by atoms with Gasteiger partial charge in [-0.05, 0) is 30.0 Å². The number of nitrogens with zero attached hydrogens (tertiary/aromatic N) is 1. The number of ether oxygens (including phenoxy) is 1. The Bertz CT molecular complexity index is 660. The molecule has 0 radical (unpaired) electrons. The lowest BCUT2D eigenvalue weighted by molar-refractivity contribution is 0.293. The van der Waals surface area contributed by atoms with E-state index in [0.717, 1.165) is 11.1 Å². The van der Waals surface area contributed by atoms with Crippen LogP contribution < -0.4 is 4.74 Å². The van der Waals surface area contributed by atoms with Crippen LogP contribution >= 0.6 is 7.37 Å². The smallest absolute Gasteiger partial charge is 0.213 e. The third-order valence-corrected chi connectivity index (χ3v) is 5.58. The lowest BCUT2D eigenvalue weighted by Crippen LogP contribution is -2.04. The van der Waals surface area contributed by atoms with Crippen molar-refractivity contribution in [1.82, 2.24) is 4.98 Å². The Morgan fingerprint density at radius 3 is 2.65 bits per heavy atom. The topological polar surface area (TPSA) is 48.4 Å². The van der Waals surface area contributed by atoms with Crippen LogP contribution in [-0.2, 0) is 15.7 Å². The molecule has 0 N–H and O–H groups in total. The van der Waals surface area contributed by atoms with Gasteiger partial charge in [-0.25, -0.2) is 4.98 Å². The largest absolute Gasteiger partial charge is 0.473 e. The standard InChI is InChI=1S/C18H24NO3P/c1-4-22-23(3,20)14-15(2)17-10-11-19-18(12-17)21-13-16-8-6-5-7-9-16/h5-12,15H,4,13-14H2,1-3H3. The van der Waals surface area contributed by atoms with Crippen LogP contribution in [0.3, 0.4) is 0 Å². The maximum atomic E-state index is 12.3. The second-order valence-electron chi connectivity index (χ2n) is 5.72. The van der Waals surface area contributed by atoms with E-state index in [0.29, 0.717) is 25.3 Å². The summed E-state index contributed by atoms with van der Waals surface area (Å²) in [5, 5.41) is 0. The molecule has 5 heteroatoms. The molecule has 0 aliphatic heterocycles. The van der Waals surface area contributed by atoms with E-state index in [-0.39, 0.29) is 5.92 Å². The number of pyridine rings is 1. The molecule has 0 fully saturated rings. The third kappa shape index (κ3) is 5.81. The molecule has 0 saturated heterocycles. The highest BCUT2D eigenvalue weighted by atomic mass is 31.2. The van der Waals surface area contributed by atoms with Gasteiger partial charge in [0, 0.05) is 25.1 Å². The molecule has 0 spiro atoms. The number of hydrogen-bond donors (Lipinski definition) is 0. The first-order valence-electron chi connectivity index (χ1n) is 7.84. The van der Waals surface area contributed by atoms with Crippen LogP contribution in [-0.4, -0.2) is 24.4 Å². The Morgan fingerprint density at radius 1 is 1.22 bits per heavy atom. The van der Waals surface area contributed by atoms with Crippen LogP contribution in [0.1, 0.15) is 30.9 Å². The summed E-state index contributed by atoms with van der Waals surface area (Å²) in [6.07, 6.45) is 2.25. The van der Waals surface area contributed by atoms with Gasteiger partial charge in [0.1, 0.15) is 6.61 Å². The average molecular weight is 333 g/mol. The van der Waals surface area contributed by atoms with Crippen LogP contribution in [0, 0.1) is 0 Å². The van der Waals surface area contributed by atoms with Gasteiger partial charge in [-0.3, -0.25) is 4.57 Å². The minimum atomic E-state index is -2.55. The van der Waals surface area contributed by atoms with Gasteiger partial charge < -0.3 is 9.26 Å². The Kier molecular flexibility index (Phi) is 6.37. The number of benzene rings is 1. The first-order valence-corrected chi connectivity index (χ1v) is 10.1. The summed E-state index contributed by atoms with van der Waals surface area (Å²) in [7, 11) is -2.55. The zero-order chi connectivity index (χ0) is 16.7. The molecule has 2 rings (SSSR count). The number of aromatic nitrogens is 1. The Balaban J connectivity index is 2.00. The molecular weight excluding hydrogens is 309 g/mol. The molecule has 1 aromatic carbocycles. The predicted octanol–water partition coefficient (Wildman–Crippen LogP) is 4.71. The van der Waals surface area contributed by atoms with Crippen molar-refractivity contribution in [3.63, 3.8) is 0 Å². The molecule has 0 aliphatic carbocycles. The van der Waals surface area contributed by atoms with Crippen molar-refractivity contribution in [2.24, 2.45) is 0 Å². The first-order chi connectivity index (χ1) is 11.0. The molecule has 0 saturated carbocycles. The molecule has 1 heterocycles. The van der Waals surface area contributed by atoms with E-state index in [1.54, 1.807) is 12.9 Å². The maximum Gasteiger partial charge on any atom is 0.213 e. The Morgan fingerprint density at radius 2 is 1.96 bits per heavy atom. The van der Waals surface area contributed by atoms with Crippen LogP contribution in [0.4, 0.5) is 0 Å². The van der Waals surface area contributed by atoms with Gasteiger partial charge >= 0.3 is 0 Å². The van der Waals surface area contributed by atoms with Crippen LogP contribution in [0.25, 0.3) is 0 Å². The maximum absolute atomic E-state index is 12.3. The Hall–Kier alpha value is -1.64.